The van der Waals surface area contributed by atoms with E-state index in [1.165, 1.54) is 0 Å². The molecule has 0 aliphatic carbocycles. The van der Waals surface area contributed by atoms with Gasteiger partial charge in [0, 0.05) is 0 Å². The van der Waals surface area contributed by atoms with Crippen LogP contribution in [0.4, 0.5) is 4.79 Å². The molecule has 2 aromatic carbocycles. The largest absolute Gasteiger partial charge is 0.497 e. The van der Waals surface area contributed by atoms with Gasteiger partial charge in [0.25, 0.3) is 5.91 Å². The molecule has 1 atom stereocenters. The number of carbonyl (C=O) groups is 2. The van der Waals surface area contributed by atoms with E-state index < -0.39 is 11.6 Å². The molecule has 2 amide bonds. The Hall–Kier alpha value is -3.02. The normalized spacial score (nSPS) is 19.0. The van der Waals surface area contributed by atoms with Gasteiger partial charge in [-0.05, 0) is 23.3 Å². The number of benzene rings is 2. The van der Waals surface area contributed by atoms with Crippen molar-refractivity contribution in [3.05, 3.63) is 65.7 Å². The fraction of sp³-hybridized carbons (Fsp3) is 0.222. The smallest absolute Gasteiger partial charge is 0.408 e. The third-order valence-corrected chi connectivity index (χ3v) is 4.01. The van der Waals surface area contributed by atoms with Gasteiger partial charge in [-0.3, -0.25) is 4.79 Å². The van der Waals surface area contributed by atoms with Crippen LogP contribution in [0.25, 0.3) is 0 Å². The van der Waals surface area contributed by atoms with Gasteiger partial charge in [0.15, 0.2) is 5.54 Å². The summed E-state index contributed by atoms with van der Waals surface area (Å²) in [4.78, 5) is 24.2. The summed E-state index contributed by atoms with van der Waals surface area (Å²) in [6.45, 7) is 0.464. The zero-order chi connectivity index (χ0) is 17.0. The molecule has 0 spiro atoms. The Balaban J connectivity index is 1.69. The van der Waals surface area contributed by atoms with Crippen LogP contribution in [0.5, 0.6) is 5.75 Å². The third-order valence-electron chi connectivity index (χ3n) is 4.01. The zero-order valence-corrected chi connectivity index (χ0v) is 13.2. The van der Waals surface area contributed by atoms with Gasteiger partial charge in [0.2, 0.25) is 0 Å². The zero-order valence-electron chi connectivity index (χ0n) is 13.2. The maximum absolute atomic E-state index is 12.1. The topological polar surface area (TPSA) is 76.7 Å². The maximum Gasteiger partial charge on any atom is 0.408 e. The second-order valence-electron chi connectivity index (χ2n) is 5.50. The van der Waals surface area contributed by atoms with Crippen LogP contribution in [0.15, 0.2) is 54.6 Å². The highest BCUT2D eigenvalue weighted by Crippen LogP contribution is 2.28. The second-order valence-corrected chi connectivity index (χ2v) is 5.50. The molecule has 124 valence electrons. The van der Waals surface area contributed by atoms with Crippen LogP contribution in [-0.4, -0.2) is 25.7 Å². The van der Waals surface area contributed by atoms with Crippen LogP contribution >= 0.6 is 0 Å². The average molecular weight is 326 g/mol. The van der Waals surface area contributed by atoms with Gasteiger partial charge in [0.05, 0.1) is 13.7 Å². The minimum atomic E-state index is -1.10. The number of hydrogen-bond acceptors (Lipinski definition) is 4. The number of methoxy groups -OCH3 is 1. The summed E-state index contributed by atoms with van der Waals surface area (Å²) >= 11 is 0. The van der Waals surface area contributed by atoms with Gasteiger partial charge >= 0.3 is 6.09 Å². The van der Waals surface area contributed by atoms with Crippen molar-refractivity contribution >= 4 is 12.0 Å². The van der Waals surface area contributed by atoms with Crippen LogP contribution in [0, 0.1) is 0 Å². The Morgan fingerprint density at radius 3 is 2.42 bits per heavy atom. The fourth-order valence-corrected chi connectivity index (χ4v) is 2.55. The number of ether oxygens (including phenoxy) is 2. The highest BCUT2D eigenvalue weighted by molar-refractivity contribution is 5.96. The number of carbonyl (C=O) groups excluding carboxylic acids is 2. The lowest BCUT2D eigenvalue weighted by Crippen LogP contribution is -2.70. The summed E-state index contributed by atoms with van der Waals surface area (Å²) in [7, 11) is 1.57. The lowest BCUT2D eigenvalue weighted by molar-refractivity contribution is -0.135. The number of amides is 2. The van der Waals surface area contributed by atoms with Gasteiger partial charge in [-0.1, -0.05) is 42.5 Å². The van der Waals surface area contributed by atoms with E-state index in [0.717, 1.165) is 5.56 Å². The number of nitrogens with one attached hydrogen (secondary N) is 2. The molecule has 1 heterocycles. The number of alkyl carbamates (subject to hydrolysis) is 1. The summed E-state index contributed by atoms with van der Waals surface area (Å²) in [6.07, 6.45) is -0.635. The quantitative estimate of drug-likeness (QED) is 0.824. The summed E-state index contributed by atoms with van der Waals surface area (Å²) in [5, 5.41) is 5.35. The lowest BCUT2D eigenvalue weighted by Gasteiger charge is -2.41. The molecule has 6 heteroatoms. The maximum atomic E-state index is 12.1. The molecular weight excluding hydrogens is 308 g/mol. The highest BCUT2D eigenvalue weighted by atomic mass is 16.5. The van der Waals surface area contributed by atoms with Crippen molar-refractivity contribution in [1.29, 1.82) is 0 Å². The Morgan fingerprint density at radius 2 is 1.88 bits per heavy atom. The van der Waals surface area contributed by atoms with Crippen molar-refractivity contribution in [2.24, 2.45) is 0 Å². The van der Waals surface area contributed by atoms with E-state index in [1.54, 1.807) is 31.4 Å². The Labute approximate surface area is 139 Å². The minimum Gasteiger partial charge on any atom is -0.497 e. The van der Waals surface area contributed by atoms with E-state index in [9.17, 15) is 9.59 Å². The Morgan fingerprint density at radius 1 is 1.17 bits per heavy atom. The molecule has 1 aliphatic rings. The van der Waals surface area contributed by atoms with E-state index >= 15 is 0 Å². The van der Waals surface area contributed by atoms with Crippen molar-refractivity contribution in [2.45, 2.75) is 12.1 Å². The molecule has 2 N–H and O–H groups in total. The first-order chi connectivity index (χ1) is 11.6. The van der Waals surface area contributed by atoms with Gasteiger partial charge in [0.1, 0.15) is 12.4 Å². The second kappa shape index (κ2) is 6.62. The SMILES string of the molecule is COc1ccc([C@@]2(NC(=O)OCc3ccccc3)CNC2=O)cc1. The molecule has 0 saturated carbocycles. The summed E-state index contributed by atoms with van der Waals surface area (Å²) in [6, 6.07) is 16.4. The monoisotopic (exact) mass is 326 g/mol. The van der Waals surface area contributed by atoms with Gasteiger partial charge in [-0.2, -0.15) is 0 Å². The van der Waals surface area contributed by atoms with Crippen molar-refractivity contribution in [3.8, 4) is 5.75 Å². The molecule has 3 rings (SSSR count). The average Bonchev–Trinajstić information content (AvgIpc) is 2.64. The standard InChI is InChI=1S/C18H18N2O4/c1-23-15-9-7-14(8-10-15)18(12-19-16(18)21)20-17(22)24-11-13-5-3-2-4-6-13/h2-10H,11-12H2,1H3,(H,19,21)(H,20,22)/t18-/m0/s1. The van der Waals surface area contributed by atoms with Crippen LogP contribution in [0.3, 0.4) is 0 Å². The molecule has 0 bridgehead atoms. The summed E-state index contributed by atoms with van der Waals surface area (Å²) in [5.74, 6) is 0.421. The molecule has 24 heavy (non-hydrogen) atoms. The molecule has 1 aliphatic heterocycles. The summed E-state index contributed by atoms with van der Waals surface area (Å²) in [5.41, 5.74) is 0.466. The van der Waals surface area contributed by atoms with Crippen LogP contribution in [-0.2, 0) is 21.7 Å². The third kappa shape index (κ3) is 3.03. The molecule has 2 aromatic rings. The first-order valence-corrected chi connectivity index (χ1v) is 7.56. The highest BCUT2D eigenvalue weighted by Gasteiger charge is 2.49. The molecule has 0 unspecified atom stereocenters. The first-order valence-electron chi connectivity index (χ1n) is 7.56. The van der Waals surface area contributed by atoms with Crippen molar-refractivity contribution in [3.63, 3.8) is 0 Å². The first kappa shape index (κ1) is 15.9. The van der Waals surface area contributed by atoms with Gasteiger partial charge in [-0.25, -0.2) is 4.79 Å². The van der Waals surface area contributed by atoms with E-state index in [2.05, 4.69) is 10.6 Å². The molecule has 6 nitrogen and oxygen atoms in total. The van der Waals surface area contributed by atoms with E-state index in [1.807, 2.05) is 30.3 Å². The van der Waals surface area contributed by atoms with E-state index in [-0.39, 0.29) is 12.5 Å². The summed E-state index contributed by atoms with van der Waals surface area (Å²) < 4.78 is 10.3. The number of rotatable bonds is 5. The van der Waals surface area contributed by atoms with Crippen LogP contribution < -0.4 is 15.4 Å². The predicted octanol–water partition coefficient (Wildman–Crippen LogP) is 1.95. The van der Waals surface area contributed by atoms with E-state index in [4.69, 9.17) is 9.47 Å². The Kier molecular flexibility index (Phi) is 4.37. The van der Waals surface area contributed by atoms with Crippen molar-refractivity contribution in [1.82, 2.24) is 10.6 Å². The molecular formula is C18H18N2O4. The molecule has 0 aromatic heterocycles. The van der Waals surface area contributed by atoms with Gasteiger partial charge < -0.3 is 20.1 Å². The van der Waals surface area contributed by atoms with Crippen molar-refractivity contribution < 1.29 is 19.1 Å². The molecule has 0 radical (unpaired) electrons. The predicted molar refractivity (Wildman–Crippen MR) is 87.4 cm³/mol. The molecule has 1 saturated heterocycles. The van der Waals surface area contributed by atoms with Gasteiger partial charge in [-0.15, -0.1) is 0 Å². The minimum absolute atomic E-state index is 0.146. The van der Waals surface area contributed by atoms with Crippen molar-refractivity contribution in [2.75, 3.05) is 13.7 Å². The van der Waals surface area contributed by atoms with E-state index in [0.29, 0.717) is 17.9 Å². The Bertz CT molecular complexity index is 730. The lowest BCUT2D eigenvalue weighted by atomic mass is 9.83. The van der Waals surface area contributed by atoms with Crippen LogP contribution in [0.2, 0.25) is 0 Å². The molecule has 1 fully saturated rings. The number of β-lactam (4-membered cyclic amide) rings is 1. The fourth-order valence-electron chi connectivity index (χ4n) is 2.55. The van der Waals surface area contributed by atoms with Crippen LogP contribution in [0.1, 0.15) is 11.1 Å². The number of hydrogen-bond donors (Lipinski definition) is 2.